The van der Waals surface area contributed by atoms with Crippen LogP contribution in [0.3, 0.4) is 0 Å². The topological polar surface area (TPSA) is 63.6 Å². The third kappa shape index (κ3) is 3.66. The zero-order valence-corrected chi connectivity index (χ0v) is 11.3. The van der Waals surface area contributed by atoms with Crippen molar-refractivity contribution in [1.82, 2.24) is 0 Å². The molecule has 1 N–H and O–H groups in total. The van der Waals surface area contributed by atoms with E-state index in [1.165, 1.54) is 37.3 Å². The number of ether oxygens (including phenoxy) is 1. The van der Waals surface area contributed by atoms with Gasteiger partial charge in [-0.2, -0.15) is 0 Å². The minimum Gasteiger partial charge on any atom is -0.488 e. The van der Waals surface area contributed by atoms with Gasteiger partial charge >= 0.3 is 5.97 Å². The predicted molar refractivity (Wildman–Crippen MR) is 74.1 cm³/mol. The zero-order valence-electron chi connectivity index (χ0n) is 11.3. The summed E-state index contributed by atoms with van der Waals surface area (Å²) in [6, 6.07) is 9.95. The molecule has 0 aromatic heterocycles. The maximum absolute atomic E-state index is 12.8. The van der Waals surface area contributed by atoms with Crippen LogP contribution in [0.25, 0.3) is 0 Å². The van der Waals surface area contributed by atoms with Gasteiger partial charge in [-0.1, -0.05) is 12.1 Å². The van der Waals surface area contributed by atoms with E-state index in [2.05, 4.69) is 0 Å². The van der Waals surface area contributed by atoms with Crippen LogP contribution in [-0.2, 0) is 6.61 Å². The zero-order chi connectivity index (χ0) is 15.4. The fourth-order valence-electron chi connectivity index (χ4n) is 1.78. The van der Waals surface area contributed by atoms with Crippen molar-refractivity contribution < 1.29 is 23.8 Å². The number of carbonyl (C=O) groups excluding carboxylic acids is 1. The summed E-state index contributed by atoms with van der Waals surface area (Å²) in [5, 5.41) is 9.16. The molecule has 4 nitrogen and oxygen atoms in total. The molecule has 0 saturated heterocycles. The monoisotopic (exact) mass is 288 g/mol. The molecule has 108 valence electrons. The molecule has 0 amide bonds. The standard InChI is InChI=1S/C16H13FO4/c1-10(18)12-4-7-15(14(8-12)16(19)20)21-9-11-2-5-13(17)6-3-11/h2-8H,9H2,1H3,(H,19,20). The van der Waals surface area contributed by atoms with Crippen LogP contribution in [0.15, 0.2) is 42.5 Å². The van der Waals surface area contributed by atoms with Crippen molar-refractivity contribution in [1.29, 1.82) is 0 Å². The predicted octanol–water partition coefficient (Wildman–Crippen LogP) is 3.31. The van der Waals surface area contributed by atoms with Crippen LogP contribution >= 0.6 is 0 Å². The van der Waals surface area contributed by atoms with Crippen LogP contribution in [0.5, 0.6) is 5.75 Å². The van der Waals surface area contributed by atoms with E-state index in [0.29, 0.717) is 11.1 Å². The first-order valence-electron chi connectivity index (χ1n) is 6.23. The Labute approximate surface area is 120 Å². The van der Waals surface area contributed by atoms with Crippen LogP contribution < -0.4 is 4.74 Å². The van der Waals surface area contributed by atoms with Gasteiger partial charge in [0.05, 0.1) is 0 Å². The average Bonchev–Trinajstić information content (AvgIpc) is 2.46. The summed E-state index contributed by atoms with van der Waals surface area (Å²) < 4.78 is 18.2. The highest BCUT2D eigenvalue weighted by molar-refractivity contribution is 5.98. The third-order valence-electron chi connectivity index (χ3n) is 2.92. The highest BCUT2D eigenvalue weighted by atomic mass is 19.1. The summed E-state index contributed by atoms with van der Waals surface area (Å²) in [7, 11) is 0. The summed E-state index contributed by atoms with van der Waals surface area (Å²) in [6.07, 6.45) is 0. The molecule has 0 aliphatic carbocycles. The second-order valence-electron chi connectivity index (χ2n) is 4.49. The lowest BCUT2D eigenvalue weighted by atomic mass is 10.1. The first kappa shape index (κ1) is 14.7. The fourth-order valence-corrected chi connectivity index (χ4v) is 1.78. The van der Waals surface area contributed by atoms with Crippen molar-refractivity contribution in [2.75, 3.05) is 0 Å². The van der Waals surface area contributed by atoms with E-state index >= 15 is 0 Å². The lowest BCUT2D eigenvalue weighted by Crippen LogP contribution is -2.05. The molecule has 0 aliphatic heterocycles. The maximum Gasteiger partial charge on any atom is 0.339 e. The van der Waals surface area contributed by atoms with Crippen LogP contribution in [0.2, 0.25) is 0 Å². The maximum atomic E-state index is 12.8. The highest BCUT2D eigenvalue weighted by Gasteiger charge is 2.14. The molecule has 0 unspecified atom stereocenters. The van der Waals surface area contributed by atoms with Crippen molar-refractivity contribution >= 4 is 11.8 Å². The van der Waals surface area contributed by atoms with Crippen molar-refractivity contribution in [3.8, 4) is 5.75 Å². The molecule has 0 spiro atoms. The normalized spacial score (nSPS) is 10.2. The van der Waals surface area contributed by atoms with Gasteiger partial charge in [0.25, 0.3) is 0 Å². The van der Waals surface area contributed by atoms with Crippen LogP contribution in [0, 0.1) is 5.82 Å². The quantitative estimate of drug-likeness (QED) is 0.857. The number of ketones is 1. The number of hydrogen-bond acceptors (Lipinski definition) is 3. The summed E-state index contributed by atoms with van der Waals surface area (Å²) in [5.74, 6) is -1.58. The van der Waals surface area contributed by atoms with Crippen molar-refractivity contribution in [3.05, 3.63) is 65.0 Å². The molecule has 0 heterocycles. The number of benzene rings is 2. The number of carboxylic acids is 1. The molecule has 21 heavy (non-hydrogen) atoms. The molecule has 0 radical (unpaired) electrons. The molecule has 0 fully saturated rings. The molecule has 0 bridgehead atoms. The lowest BCUT2D eigenvalue weighted by molar-refractivity contribution is 0.0691. The Morgan fingerprint density at radius 1 is 1.14 bits per heavy atom. The second kappa shape index (κ2) is 6.17. The van der Waals surface area contributed by atoms with Gasteiger partial charge in [-0.3, -0.25) is 4.79 Å². The molecule has 2 rings (SSSR count). The molecule has 5 heteroatoms. The molecular weight excluding hydrogens is 275 g/mol. The number of rotatable bonds is 5. The van der Waals surface area contributed by atoms with Gasteiger partial charge < -0.3 is 9.84 Å². The van der Waals surface area contributed by atoms with Crippen LogP contribution in [0.4, 0.5) is 4.39 Å². The fraction of sp³-hybridized carbons (Fsp3) is 0.125. The van der Waals surface area contributed by atoms with Gasteiger partial charge in [0.15, 0.2) is 5.78 Å². The molecule has 0 atom stereocenters. The summed E-state index contributed by atoms with van der Waals surface area (Å²) in [5.41, 5.74) is 0.940. The van der Waals surface area contributed by atoms with Gasteiger partial charge in [0.1, 0.15) is 23.7 Å². The van der Waals surface area contributed by atoms with Gasteiger partial charge in [-0.05, 0) is 42.8 Å². The van der Waals surface area contributed by atoms with Gasteiger partial charge in [-0.25, -0.2) is 9.18 Å². The molecular formula is C16H13FO4. The number of carboxylic acid groups (broad SMARTS) is 1. The summed E-state index contributed by atoms with van der Waals surface area (Å²) in [4.78, 5) is 22.5. The van der Waals surface area contributed by atoms with Crippen molar-refractivity contribution in [2.45, 2.75) is 13.5 Å². The smallest absolute Gasteiger partial charge is 0.339 e. The van der Waals surface area contributed by atoms with E-state index in [-0.39, 0.29) is 29.5 Å². The lowest BCUT2D eigenvalue weighted by Gasteiger charge is -2.10. The molecule has 2 aromatic carbocycles. The van der Waals surface area contributed by atoms with Crippen molar-refractivity contribution in [2.24, 2.45) is 0 Å². The summed E-state index contributed by atoms with van der Waals surface area (Å²) >= 11 is 0. The molecule has 0 saturated carbocycles. The SMILES string of the molecule is CC(=O)c1ccc(OCc2ccc(F)cc2)c(C(=O)O)c1. The number of aromatic carboxylic acids is 1. The summed E-state index contributed by atoms with van der Waals surface area (Å²) in [6.45, 7) is 1.47. The average molecular weight is 288 g/mol. The Morgan fingerprint density at radius 2 is 1.81 bits per heavy atom. The van der Waals surface area contributed by atoms with E-state index in [4.69, 9.17) is 9.84 Å². The second-order valence-corrected chi connectivity index (χ2v) is 4.49. The van der Waals surface area contributed by atoms with Gasteiger partial charge in [0, 0.05) is 5.56 Å². The molecule has 0 aliphatic rings. The highest BCUT2D eigenvalue weighted by Crippen LogP contribution is 2.22. The van der Waals surface area contributed by atoms with E-state index < -0.39 is 5.97 Å². The van der Waals surface area contributed by atoms with E-state index in [1.807, 2.05) is 0 Å². The Hall–Kier alpha value is -2.69. The Morgan fingerprint density at radius 3 is 2.38 bits per heavy atom. The minimum atomic E-state index is -1.17. The van der Waals surface area contributed by atoms with E-state index in [1.54, 1.807) is 12.1 Å². The van der Waals surface area contributed by atoms with Gasteiger partial charge in [-0.15, -0.1) is 0 Å². The third-order valence-corrected chi connectivity index (χ3v) is 2.92. The minimum absolute atomic E-state index is 0.0789. The number of hydrogen-bond donors (Lipinski definition) is 1. The largest absolute Gasteiger partial charge is 0.488 e. The van der Waals surface area contributed by atoms with Crippen LogP contribution in [-0.4, -0.2) is 16.9 Å². The van der Waals surface area contributed by atoms with Gasteiger partial charge in [0.2, 0.25) is 0 Å². The van der Waals surface area contributed by atoms with Crippen molar-refractivity contribution in [3.63, 3.8) is 0 Å². The number of halogens is 1. The number of Topliss-reactive ketones (excluding diaryl/α,β-unsaturated/α-hetero) is 1. The van der Waals surface area contributed by atoms with Crippen LogP contribution in [0.1, 0.15) is 33.2 Å². The van der Waals surface area contributed by atoms with E-state index in [9.17, 15) is 14.0 Å². The Kier molecular flexibility index (Phi) is 4.33. The van der Waals surface area contributed by atoms with E-state index in [0.717, 1.165) is 0 Å². The number of carbonyl (C=O) groups is 2. The first-order chi connectivity index (χ1) is 9.97. The Balaban J connectivity index is 2.21. The first-order valence-corrected chi connectivity index (χ1v) is 6.23. The molecule has 2 aromatic rings. The Bertz CT molecular complexity index is 677.